The van der Waals surface area contributed by atoms with Crippen LogP contribution in [-0.4, -0.2) is 36.1 Å². The molecule has 0 spiro atoms. The van der Waals surface area contributed by atoms with Gasteiger partial charge in [0.15, 0.2) is 0 Å². The number of hydrogen-bond acceptors (Lipinski definition) is 6. The summed E-state index contributed by atoms with van der Waals surface area (Å²) in [7, 11) is 1.33. The predicted molar refractivity (Wildman–Crippen MR) is 89.7 cm³/mol. The van der Waals surface area contributed by atoms with Gasteiger partial charge >= 0.3 is 5.97 Å². The number of aromatic nitrogens is 2. The van der Waals surface area contributed by atoms with Gasteiger partial charge in [-0.2, -0.15) is 0 Å². The first-order valence-corrected chi connectivity index (χ1v) is 7.34. The third-order valence-corrected chi connectivity index (χ3v) is 3.04. The van der Waals surface area contributed by atoms with Crippen molar-refractivity contribution >= 4 is 17.9 Å². The summed E-state index contributed by atoms with van der Waals surface area (Å²) < 4.78 is 4.51. The van der Waals surface area contributed by atoms with Gasteiger partial charge in [-0.3, -0.25) is 4.98 Å². The van der Waals surface area contributed by atoms with Crippen LogP contribution in [0.1, 0.15) is 11.3 Å². The summed E-state index contributed by atoms with van der Waals surface area (Å²) >= 11 is 0. The van der Waals surface area contributed by atoms with E-state index in [-0.39, 0.29) is 0 Å². The summed E-state index contributed by atoms with van der Waals surface area (Å²) in [6.45, 7) is 2.41. The molecular formula is C17H20N4O2. The fourth-order valence-electron chi connectivity index (χ4n) is 1.84. The van der Waals surface area contributed by atoms with Gasteiger partial charge < -0.3 is 15.4 Å². The van der Waals surface area contributed by atoms with Crippen molar-refractivity contribution in [1.82, 2.24) is 15.3 Å². The lowest BCUT2D eigenvalue weighted by molar-refractivity contribution is -0.134. The zero-order valence-corrected chi connectivity index (χ0v) is 13.0. The van der Waals surface area contributed by atoms with Gasteiger partial charge in [0.25, 0.3) is 0 Å². The molecule has 2 N–H and O–H groups in total. The zero-order valence-electron chi connectivity index (χ0n) is 13.0. The number of carbonyl (C=O) groups is 1. The maximum absolute atomic E-state index is 11.0. The van der Waals surface area contributed by atoms with E-state index in [4.69, 9.17) is 0 Å². The Morgan fingerprint density at radius 3 is 2.70 bits per heavy atom. The summed E-state index contributed by atoms with van der Waals surface area (Å²) in [4.78, 5) is 19.4. The number of nitrogens with one attached hydrogen (secondary N) is 2. The van der Waals surface area contributed by atoms with E-state index in [2.05, 4.69) is 37.5 Å². The standard InChI is InChI=1S/C17H20N4O2/c1-23-17(22)8-7-15-12-21-16(13-20-15)19-10-9-18-11-14-5-3-2-4-6-14/h2-8,12-13,18H,9-11H2,1H3,(H,19,21). The van der Waals surface area contributed by atoms with E-state index in [9.17, 15) is 4.79 Å². The molecule has 0 fully saturated rings. The minimum absolute atomic E-state index is 0.418. The highest BCUT2D eigenvalue weighted by Crippen LogP contribution is 2.02. The van der Waals surface area contributed by atoms with Gasteiger partial charge in [0, 0.05) is 25.7 Å². The molecule has 0 saturated carbocycles. The van der Waals surface area contributed by atoms with Gasteiger partial charge in [-0.15, -0.1) is 0 Å². The lowest BCUT2D eigenvalue weighted by Gasteiger charge is -2.07. The highest BCUT2D eigenvalue weighted by Gasteiger charge is 1.97. The Labute approximate surface area is 135 Å². The molecule has 0 radical (unpaired) electrons. The van der Waals surface area contributed by atoms with Gasteiger partial charge in [0.1, 0.15) is 5.82 Å². The molecule has 0 atom stereocenters. The summed E-state index contributed by atoms with van der Waals surface area (Å²) in [5, 5.41) is 6.53. The fraction of sp³-hybridized carbons (Fsp3) is 0.235. The van der Waals surface area contributed by atoms with E-state index in [0.29, 0.717) is 11.5 Å². The third kappa shape index (κ3) is 6.27. The van der Waals surface area contributed by atoms with Crippen molar-refractivity contribution in [3.05, 3.63) is 60.1 Å². The van der Waals surface area contributed by atoms with Crippen LogP contribution in [-0.2, 0) is 16.1 Å². The second-order valence-electron chi connectivity index (χ2n) is 4.77. The molecular weight excluding hydrogens is 292 g/mol. The Morgan fingerprint density at radius 2 is 2.00 bits per heavy atom. The number of rotatable bonds is 8. The Hall–Kier alpha value is -2.73. The molecule has 0 aliphatic heterocycles. The SMILES string of the molecule is COC(=O)C=Cc1cnc(NCCNCc2ccccc2)cn1. The Bertz CT molecular complexity index is 627. The van der Waals surface area contributed by atoms with E-state index >= 15 is 0 Å². The molecule has 6 heteroatoms. The van der Waals surface area contributed by atoms with E-state index < -0.39 is 5.97 Å². The maximum Gasteiger partial charge on any atom is 0.330 e. The Kier molecular flexibility index (Phi) is 6.74. The molecule has 1 aromatic heterocycles. The molecule has 23 heavy (non-hydrogen) atoms. The monoisotopic (exact) mass is 312 g/mol. The second-order valence-corrected chi connectivity index (χ2v) is 4.77. The third-order valence-electron chi connectivity index (χ3n) is 3.04. The quantitative estimate of drug-likeness (QED) is 0.440. The number of methoxy groups -OCH3 is 1. The van der Waals surface area contributed by atoms with Gasteiger partial charge in [-0.1, -0.05) is 30.3 Å². The topological polar surface area (TPSA) is 76.1 Å². The van der Waals surface area contributed by atoms with Gasteiger partial charge in [-0.25, -0.2) is 9.78 Å². The minimum atomic E-state index is -0.418. The van der Waals surface area contributed by atoms with Crippen LogP contribution in [0.5, 0.6) is 0 Å². The van der Waals surface area contributed by atoms with Crippen LogP contribution < -0.4 is 10.6 Å². The largest absolute Gasteiger partial charge is 0.466 e. The molecule has 1 aromatic carbocycles. The molecule has 0 unspecified atom stereocenters. The normalized spacial score (nSPS) is 10.7. The fourth-order valence-corrected chi connectivity index (χ4v) is 1.84. The van der Waals surface area contributed by atoms with Crippen molar-refractivity contribution in [3.63, 3.8) is 0 Å². The van der Waals surface area contributed by atoms with E-state index in [1.165, 1.54) is 18.7 Å². The Balaban J connectivity index is 1.68. The van der Waals surface area contributed by atoms with Crippen molar-refractivity contribution < 1.29 is 9.53 Å². The smallest absolute Gasteiger partial charge is 0.330 e. The van der Waals surface area contributed by atoms with Crippen molar-refractivity contribution in [2.24, 2.45) is 0 Å². The molecule has 120 valence electrons. The number of hydrogen-bond donors (Lipinski definition) is 2. The lowest BCUT2D eigenvalue weighted by atomic mass is 10.2. The van der Waals surface area contributed by atoms with Crippen molar-refractivity contribution in [3.8, 4) is 0 Å². The van der Waals surface area contributed by atoms with Crippen LogP contribution >= 0.6 is 0 Å². The van der Waals surface area contributed by atoms with Crippen molar-refractivity contribution in [2.45, 2.75) is 6.54 Å². The van der Waals surface area contributed by atoms with Crippen LogP contribution in [0, 0.1) is 0 Å². The van der Waals surface area contributed by atoms with E-state index in [1.54, 1.807) is 18.5 Å². The molecule has 1 heterocycles. The van der Waals surface area contributed by atoms with Crippen molar-refractivity contribution in [1.29, 1.82) is 0 Å². The maximum atomic E-state index is 11.0. The number of benzene rings is 1. The number of nitrogens with zero attached hydrogens (tertiary/aromatic N) is 2. The van der Waals surface area contributed by atoms with Gasteiger partial charge in [-0.05, 0) is 11.6 Å². The molecule has 2 rings (SSSR count). The Morgan fingerprint density at radius 1 is 1.17 bits per heavy atom. The number of carbonyl (C=O) groups excluding carboxylic acids is 1. The molecule has 0 aliphatic rings. The first kappa shape index (κ1) is 16.6. The summed E-state index contributed by atoms with van der Waals surface area (Å²) in [6.07, 6.45) is 6.10. The van der Waals surface area contributed by atoms with Gasteiger partial charge in [0.05, 0.1) is 25.2 Å². The summed E-state index contributed by atoms with van der Waals surface area (Å²) in [6, 6.07) is 10.2. The average molecular weight is 312 g/mol. The van der Waals surface area contributed by atoms with Gasteiger partial charge in [0.2, 0.25) is 0 Å². The molecule has 0 amide bonds. The molecule has 6 nitrogen and oxygen atoms in total. The average Bonchev–Trinajstić information content (AvgIpc) is 2.61. The first-order valence-electron chi connectivity index (χ1n) is 7.34. The summed E-state index contributed by atoms with van der Waals surface area (Å²) in [5.74, 6) is 0.278. The summed E-state index contributed by atoms with van der Waals surface area (Å²) in [5.41, 5.74) is 1.86. The predicted octanol–water partition coefficient (Wildman–Crippen LogP) is 1.86. The van der Waals surface area contributed by atoms with Crippen LogP contribution in [0.25, 0.3) is 6.08 Å². The minimum Gasteiger partial charge on any atom is -0.466 e. The molecule has 0 saturated heterocycles. The van der Waals surface area contributed by atoms with Crippen LogP contribution in [0.3, 0.4) is 0 Å². The molecule has 2 aromatic rings. The second kappa shape index (κ2) is 9.32. The lowest BCUT2D eigenvalue weighted by Crippen LogP contribution is -2.22. The highest BCUT2D eigenvalue weighted by molar-refractivity contribution is 5.86. The zero-order chi connectivity index (χ0) is 16.3. The van der Waals surface area contributed by atoms with Crippen LogP contribution in [0.15, 0.2) is 48.8 Å². The van der Waals surface area contributed by atoms with Crippen LogP contribution in [0.4, 0.5) is 5.82 Å². The first-order chi connectivity index (χ1) is 11.3. The number of ether oxygens (including phenoxy) is 1. The van der Waals surface area contributed by atoms with Crippen LogP contribution in [0.2, 0.25) is 0 Å². The highest BCUT2D eigenvalue weighted by atomic mass is 16.5. The number of esters is 1. The van der Waals surface area contributed by atoms with E-state index in [1.807, 2.05) is 18.2 Å². The molecule has 0 bridgehead atoms. The van der Waals surface area contributed by atoms with E-state index in [0.717, 1.165) is 19.6 Å². The number of anilines is 1. The van der Waals surface area contributed by atoms with Crippen molar-refractivity contribution in [2.75, 3.05) is 25.5 Å². The molecule has 0 aliphatic carbocycles.